The molecule has 1 aliphatic heterocycles. The zero-order valence-corrected chi connectivity index (χ0v) is 23.3. The Morgan fingerprint density at radius 3 is 2.62 bits per heavy atom. The molecule has 0 bridgehead atoms. The van der Waals surface area contributed by atoms with E-state index in [0.717, 1.165) is 16.2 Å². The molecule has 3 heterocycles. The molecule has 2 aromatic carbocycles. The van der Waals surface area contributed by atoms with Crippen LogP contribution >= 0.6 is 11.3 Å². The van der Waals surface area contributed by atoms with Crippen LogP contribution in [0.15, 0.2) is 72.6 Å². The molecule has 5 N–H and O–H groups in total. The van der Waals surface area contributed by atoms with E-state index in [1.54, 1.807) is 25.1 Å². The van der Waals surface area contributed by atoms with Crippen molar-refractivity contribution in [2.45, 2.75) is 25.7 Å². The van der Waals surface area contributed by atoms with Gasteiger partial charge in [-0.15, -0.1) is 11.3 Å². The third-order valence-electron chi connectivity index (χ3n) is 6.85. The van der Waals surface area contributed by atoms with Crippen molar-refractivity contribution in [2.75, 3.05) is 28.6 Å². The molecule has 0 aliphatic carbocycles. The summed E-state index contributed by atoms with van der Waals surface area (Å²) in [5, 5.41) is 14.7. The molecule has 0 atom stereocenters. The van der Waals surface area contributed by atoms with Crippen molar-refractivity contribution in [2.24, 2.45) is 5.73 Å². The highest BCUT2D eigenvalue weighted by atomic mass is 32.1. The average Bonchev–Trinajstić information content (AvgIpc) is 3.39. The number of primary amides is 1. The first-order valence-electron chi connectivity index (χ1n) is 13.1. The molecule has 0 saturated carbocycles. The third-order valence-corrected chi connectivity index (χ3v) is 7.97. The number of nitrogens with two attached hydrogens (primary N) is 1. The molecular weight excluding hydrogens is 565 g/mol. The van der Waals surface area contributed by atoms with E-state index in [4.69, 9.17) is 11.1 Å². The highest BCUT2D eigenvalue weighted by Crippen LogP contribution is 2.31. The Kier molecular flexibility index (Phi) is 7.99. The van der Waals surface area contributed by atoms with Crippen LogP contribution in [0.4, 0.5) is 30.4 Å². The minimum Gasteiger partial charge on any atom is -0.364 e. The number of amides is 2. The summed E-state index contributed by atoms with van der Waals surface area (Å²) in [5.74, 6) is -4.84. The molecule has 0 spiro atoms. The SMILES string of the molecule is Cc1ccc(C(=N)/C=C(/Nc2ccc(N3CCCC(F)(F)C3)cn2)C(N)=O)c(F)c1NC(=O)c1cc2ccccc2s1. The minimum absolute atomic E-state index is 0.0813. The number of hydrogen-bond acceptors (Lipinski definition) is 7. The fourth-order valence-corrected chi connectivity index (χ4v) is 5.62. The number of allylic oxidation sites excluding steroid dienone is 1. The van der Waals surface area contributed by atoms with Crippen molar-refractivity contribution in [3.8, 4) is 0 Å². The number of nitrogens with one attached hydrogen (secondary N) is 3. The number of benzene rings is 2. The molecule has 5 rings (SSSR count). The summed E-state index contributed by atoms with van der Waals surface area (Å²) in [4.78, 5) is 31.2. The number of rotatable bonds is 8. The second kappa shape index (κ2) is 11.6. The van der Waals surface area contributed by atoms with Gasteiger partial charge >= 0.3 is 0 Å². The Bertz CT molecular complexity index is 1690. The Balaban J connectivity index is 1.33. The van der Waals surface area contributed by atoms with Gasteiger partial charge in [-0.3, -0.25) is 9.59 Å². The van der Waals surface area contributed by atoms with Crippen LogP contribution in [0.25, 0.3) is 10.1 Å². The minimum atomic E-state index is -2.77. The van der Waals surface area contributed by atoms with E-state index in [-0.39, 0.29) is 34.9 Å². The quantitative estimate of drug-likeness (QED) is 0.146. The van der Waals surface area contributed by atoms with Crippen LogP contribution < -0.4 is 21.3 Å². The summed E-state index contributed by atoms with van der Waals surface area (Å²) < 4.78 is 44.1. The zero-order chi connectivity index (χ0) is 30.0. The van der Waals surface area contributed by atoms with Gasteiger partial charge in [-0.2, -0.15) is 0 Å². The molecule has 12 heteroatoms. The number of carbonyl (C=O) groups excluding carboxylic acids is 2. The smallest absolute Gasteiger partial charge is 0.265 e. The lowest BCUT2D eigenvalue weighted by Gasteiger charge is -2.33. The van der Waals surface area contributed by atoms with Gasteiger partial charge < -0.3 is 26.7 Å². The molecule has 4 aromatic rings. The lowest BCUT2D eigenvalue weighted by molar-refractivity contribution is -0.114. The Morgan fingerprint density at radius 2 is 1.93 bits per heavy atom. The first kappa shape index (κ1) is 28.8. The first-order chi connectivity index (χ1) is 20.0. The van der Waals surface area contributed by atoms with E-state index in [0.29, 0.717) is 29.1 Å². The van der Waals surface area contributed by atoms with E-state index in [9.17, 15) is 18.4 Å². The lowest BCUT2D eigenvalue weighted by atomic mass is 10.0. The van der Waals surface area contributed by atoms with Crippen molar-refractivity contribution < 1.29 is 22.8 Å². The van der Waals surface area contributed by atoms with Gasteiger partial charge in [-0.1, -0.05) is 24.3 Å². The standard InChI is InChI=1S/C30H27F3N6O2S/c1-17-7-9-20(26(31)27(17)38-29(41)24-13-18-5-2-3-6-23(18)42-24)21(34)14-22(28(35)40)37-25-10-8-19(15-36-25)39-12-4-11-30(32,33)16-39/h2-3,5-10,13-15,34H,4,11-12,16H2,1H3,(H2,35,40)(H,36,37)(H,38,41)/b22-14+,34-21?. The predicted octanol–water partition coefficient (Wildman–Crippen LogP) is 6.08. The molecular formula is C30H27F3N6O2S. The van der Waals surface area contributed by atoms with E-state index in [2.05, 4.69) is 15.6 Å². The van der Waals surface area contributed by atoms with Gasteiger partial charge in [0, 0.05) is 23.2 Å². The number of pyridine rings is 1. The van der Waals surface area contributed by atoms with Crippen LogP contribution in [0.2, 0.25) is 0 Å². The number of aryl methyl sites for hydroxylation is 1. The van der Waals surface area contributed by atoms with Crippen molar-refractivity contribution in [1.82, 2.24) is 4.98 Å². The Labute approximate surface area is 243 Å². The number of alkyl halides is 2. The molecule has 8 nitrogen and oxygen atoms in total. The predicted molar refractivity (Wildman–Crippen MR) is 159 cm³/mol. The maximum Gasteiger partial charge on any atom is 0.265 e. The second-order valence-corrected chi connectivity index (χ2v) is 11.0. The van der Waals surface area contributed by atoms with E-state index >= 15 is 4.39 Å². The molecule has 2 amide bonds. The maximum absolute atomic E-state index is 15.6. The number of fused-ring (bicyclic) bond motifs is 1. The number of piperidine rings is 1. The van der Waals surface area contributed by atoms with Gasteiger partial charge in [0.1, 0.15) is 11.5 Å². The largest absolute Gasteiger partial charge is 0.364 e. The summed E-state index contributed by atoms with van der Waals surface area (Å²) in [6, 6.07) is 15.2. The van der Waals surface area contributed by atoms with Crippen LogP contribution in [0.3, 0.4) is 0 Å². The molecule has 1 saturated heterocycles. The summed E-state index contributed by atoms with van der Waals surface area (Å²) in [7, 11) is 0. The fourth-order valence-electron chi connectivity index (χ4n) is 4.67. The molecule has 0 radical (unpaired) electrons. The number of halogens is 3. The van der Waals surface area contributed by atoms with Gasteiger partial charge in [0.25, 0.3) is 17.7 Å². The first-order valence-corrected chi connectivity index (χ1v) is 13.9. The number of nitrogens with zero attached hydrogens (tertiary/aromatic N) is 2. The van der Waals surface area contributed by atoms with Crippen LogP contribution in [-0.2, 0) is 4.79 Å². The number of hydrogen-bond donors (Lipinski definition) is 4. The van der Waals surface area contributed by atoms with Gasteiger partial charge in [0.15, 0.2) is 5.82 Å². The van der Waals surface area contributed by atoms with Crippen LogP contribution in [0, 0.1) is 18.2 Å². The van der Waals surface area contributed by atoms with Gasteiger partial charge in [0.2, 0.25) is 0 Å². The van der Waals surface area contributed by atoms with Crippen molar-refractivity contribution in [3.63, 3.8) is 0 Å². The fraction of sp³-hybridized carbons (Fsp3) is 0.200. The van der Waals surface area contributed by atoms with Gasteiger partial charge in [0.05, 0.1) is 34.7 Å². The van der Waals surface area contributed by atoms with Crippen molar-refractivity contribution >= 4 is 56.1 Å². The molecule has 0 unspecified atom stereocenters. The Hall–Kier alpha value is -4.71. The van der Waals surface area contributed by atoms with Gasteiger partial charge in [-0.05, 0) is 60.7 Å². The number of anilines is 3. The average molecular weight is 593 g/mol. The van der Waals surface area contributed by atoms with Crippen molar-refractivity contribution in [3.05, 3.63) is 94.4 Å². The van der Waals surface area contributed by atoms with Crippen LogP contribution in [-0.4, -0.2) is 41.5 Å². The highest BCUT2D eigenvalue weighted by Gasteiger charge is 2.35. The normalized spacial score (nSPS) is 15.0. The molecule has 2 aromatic heterocycles. The maximum atomic E-state index is 15.6. The van der Waals surface area contributed by atoms with Crippen LogP contribution in [0.1, 0.15) is 33.6 Å². The zero-order valence-electron chi connectivity index (χ0n) is 22.5. The topological polar surface area (TPSA) is 124 Å². The monoisotopic (exact) mass is 592 g/mol. The molecule has 1 fully saturated rings. The number of carbonyl (C=O) groups is 2. The van der Waals surface area contributed by atoms with E-state index in [1.807, 2.05) is 24.3 Å². The molecule has 1 aliphatic rings. The summed E-state index contributed by atoms with van der Waals surface area (Å²) in [6.07, 6.45) is 2.67. The van der Waals surface area contributed by atoms with E-state index in [1.165, 1.54) is 34.6 Å². The summed E-state index contributed by atoms with van der Waals surface area (Å²) in [6.45, 7) is 1.70. The number of thiophene rings is 1. The summed E-state index contributed by atoms with van der Waals surface area (Å²) >= 11 is 1.28. The Morgan fingerprint density at radius 1 is 1.14 bits per heavy atom. The lowest BCUT2D eigenvalue weighted by Crippen LogP contribution is -2.42. The number of aromatic nitrogens is 1. The molecule has 42 heavy (non-hydrogen) atoms. The van der Waals surface area contributed by atoms with Gasteiger partial charge in [-0.25, -0.2) is 18.2 Å². The molecule has 216 valence electrons. The highest BCUT2D eigenvalue weighted by molar-refractivity contribution is 7.20. The van der Waals surface area contributed by atoms with E-state index < -0.39 is 30.1 Å². The second-order valence-electron chi connectivity index (χ2n) is 9.97. The third kappa shape index (κ3) is 6.28. The van der Waals surface area contributed by atoms with Crippen LogP contribution in [0.5, 0.6) is 0 Å². The van der Waals surface area contributed by atoms with Crippen molar-refractivity contribution in [1.29, 1.82) is 5.41 Å². The summed E-state index contributed by atoms with van der Waals surface area (Å²) in [5.41, 5.74) is 5.60.